The van der Waals surface area contributed by atoms with E-state index in [0.29, 0.717) is 42.5 Å². The molecule has 5 rings (SSSR count). The van der Waals surface area contributed by atoms with E-state index in [1.54, 1.807) is 17.2 Å². The number of hydrogen-bond donors (Lipinski definition) is 2. The molecule has 3 aromatic rings. The van der Waals surface area contributed by atoms with Crippen LogP contribution in [0.2, 0.25) is 0 Å². The van der Waals surface area contributed by atoms with Crippen molar-refractivity contribution in [1.29, 1.82) is 0 Å². The van der Waals surface area contributed by atoms with Crippen LogP contribution in [-0.2, 0) is 0 Å². The van der Waals surface area contributed by atoms with Crippen LogP contribution in [-0.4, -0.2) is 63.0 Å². The summed E-state index contributed by atoms with van der Waals surface area (Å²) in [7, 11) is 0. The Morgan fingerprint density at radius 3 is 2.64 bits per heavy atom. The number of aliphatic hydroxyl groups excluding tert-OH is 1. The van der Waals surface area contributed by atoms with Crippen molar-refractivity contribution < 1.29 is 9.50 Å². The van der Waals surface area contributed by atoms with Crippen molar-refractivity contribution in [2.45, 2.75) is 57.8 Å². The van der Waals surface area contributed by atoms with Gasteiger partial charge in [0, 0.05) is 43.1 Å². The van der Waals surface area contributed by atoms with E-state index in [0.717, 1.165) is 23.1 Å². The molecule has 0 aromatic carbocycles. The van der Waals surface area contributed by atoms with Crippen molar-refractivity contribution in [1.82, 2.24) is 19.9 Å². The molecule has 174 valence electrons. The second-order valence-corrected chi connectivity index (χ2v) is 9.32. The van der Waals surface area contributed by atoms with Gasteiger partial charge in [-0.15, -0.1) is 0 Å². The largest absolute Gasteiger partial charge is 0.390 e. The molecule has 5 heterocycles. The fourth-order valence-corrected chi connectivity index (χ4v) is 4.51. The molecule has 1 unspecified atom stereocenters. The van der Waals surface area contributed by atoms with Crippen LogP contribution in [0.5, 0.6) is 0 Å². The van der Waals surface area contributed by atoms with Crippen molar-refractivity contribution in [3.05, 3.63) is 36.3 Å². The molecule has 0 spiro atoms. The third-order valence-electron chi connectivity index (χ3n) is 6.68. The molecule has 0 bridgehead atoms. The molecule has 0 amide bonds. The first-order chi connectivity index (χ1) is 15.9. The lowest BCUT2D eigenvalue weighted by atomic mass is 9.97. The van der Waals surface area contributed by atoms with E-state index in [9.17, 15) is 9.50 Å². The number of rotatable bonds is 5. The lowest BCUT2D eigenvalue weighted by molar-refractivity contribution is 0.0612. The summed E-state index contributed by atoms with van der Waals surface area (Å²) in [5.41, 5.74) is 1.18. The van der Waals surface area contributed by atoms with Gasteiger partial charge in [-0.1, -0.05) is 13.8 Å². The highest BCUT2D eigenvalue weighted by Crippen LogP contribution is 2.35. The minimum Gasteiger partial charge on any atom is -0.390 e. The number of anilines is 4. The molecule has 2 fully saturated rings. The smallest absolute Gasteiger partial charge is 0.227 e. The van der Waals surface area contributed by atoms with Crippen molar-refractivity contribution in [2.24, 2.45) is 0 Å². The van der Waals surface area contributed by atoms with E-state index >= 15 is 0 Å². The van der Waals surface area contributed by atoms with Crippen LogP contribution in [0.25, 0.3) is 10.8 Å². The predicted molar refractivity (Wildman–Crippen MR) is 128 cm³/mol. The molecule has 3 aromatic heterocycles. The van der Waals surface area contributed by atoms with Gasteiger partial charge in [-0.3, -0.25) is 0 Å². The van der Waals surface area contributed by atoms with Gasteiger partial charge < -0.3 is 20.2 Å². The lowest BCUT2D eigenvalue weighted by Gasteiger charge is -2.40. The Hall–Kier alpha value is -3.07. The molecule has 2 aliphatic heterocycles. The maximum atomic E-state index is 14.0. The minimum absolute atomic E-state index is 0.0846. The highest BCUT2D eigenvalue weighted by molar-refractivity contribution is 5.96. The zero-order valence-electron chi connectivity index (χ0n) is 19.2. The normalized spacial score (nSPS) is 23.2. The van der Waals surface area contributed by atoms with E-state index in [-0.39, 0.29) is 6.54 Å². The third kappa shape index (κ3) is 4.17. The molecule has 2 aliphatic rings. The highest BCUT2D eigenvalue weighted by atomic mass is 19.1. The maximum Gasteiger partial charge on any atom is 0.227 e. The number of alkyl halides is 1. The van der Waals surface area contributed by atoms with Crippen LogP contribution in [0.1, 0.15) is 45.1 Å². The topological polar surface area (TPSA) is 90.3 Å². The Morgan fingerprint density at radius 2 is 1.94 bits per heavy atom. The first-order valence-electron chi connectivity index (χ1n) is 11.6. The summed E-state index contributed by atoms with van der Waals surface area (Å²) in [5.74, 6) is 3.03. The first kappa shape index (κ1) is 21.8. The second-order valence-electron chi connectivity index (χ2n) is 9.32. The van der Waals surface area contributed by atoms with E-state index < -0.39 is 12.3 Å². The highest BCUT2D eigenvalue weighted by Gasteiger charge is 2.29. The number of nitrogens with zero attached hydrogens (tertiary/aromatic N) is 6. The van der Waals surface area contributed by atoms with Gasteiger partial charge in [0.2, 0.25) is 5.95 Å². The summed E-state index contributed by atoms with van der Waals surface area (Å²) in [4.78, 5) is 22.4. The van der Waals surface area contributed by atoms with E-state index in [1.165, 1.54) is 12.0 Å². The minimum atomic E-state index is -1.30. The van der Waals surface area contributed by atoms with Crippen LogP contribution in [0.15, 0.2) is 30.7 Å². The molecule has 0 saturated carbocycles. The molecule has 0 aliphatic carbocycles. The summed E-state index contributed by atoms with van der Waals surface area (Å²) in [6, 6.07) is 4.31. The van der Waals surface area contributed by atoms with E-state index in [1.807, 2.05) is 12.4 Å². The predicted octanol–water partition coefficient (Wildman–Crippen LogP) is 3.79. The molecular weight excluding hydrogens is 421 g/mol. The number of piperidine rings is 1. The van der Waals surface area contributed by atoms with Gasteiger partial charge in [-0.2, -0.15) is 4.98 Å². The van der Waals surface area contributed by atoms with E-state index in [2.05, 4.69) is 52.0 Å². The van der Waals surface area contributed by atoms with Crippen molar-refractivity contribution in [3.63, 3.8) is 0 Å². The maximum absolute atomic E-state index is 14.0. The van der Waals surface area contributed by atoms with Gasteiger partial charge in [0.1, 0.15) is 23.6 Å². The molecule has 2 N–H and O–H groups in total. The second kappa shape index (κ2) is 8.70. The number of hydrogen-bond acceptors (Lipinski definition) is 8. The molecule has 0 radical (unpaired) electrons. The van der Waals surface area contributed by atoms with Gasteiger partial charge in [0.05, 0.1) is 12.6 Å². The number of fused-ring (bicyclic) bond motifs is 1. The van der Waals surface area contributed by atoms with Crippen LogP contribution in [0.3, 0.4) is 0 Å². The average Bonchev–Trinajstić information content (AvgIpc) is 2.80. The SMILES string of the molecule is CC(C)c1cnc(N2CCC2C)c2cnc(Nc3ccnc(N4CC[C@@H](O)[C@@H](F)C4)n3)cc12. The van der Waals surface area contributed by atoms with Crippen LogP contribution in [0.4, 0.5) is 27.8 Å². The Kier molecular flexibility index (Phi) is 5.74. The molecule has 9 heteroatoms. The first-order valence-corrected chi connectivity index (χ1v) is 11.6. The summed E-state index contributed by atoms with van der Waals surface area (Å²) in [6.45, 7) is 8.17. The standard InChI is InChI=1S/C24H30FN7O/c1-14(2)17-11-28-23(32-9-5-15(32)3)18-12-27-22(10-16(17)18)29-21-4-7-26-24(30-21)31-8-6-20(33)19(25)13-31/h4,7,10-12,14-15,19-20,33H,5-6,8-9,13H2,1-3H3,(H,26,27,29,30)/t15?,19-,20+/m0/s1. The number of halogens is 1. The fraction of sp³-hybridized carbons (Fsp3) is 0.500. The van der Waals surface area contributed by atoms with E-state index in [4.69, 9.17) is 4.98 Å². The Morgan fingerprint density at radius 1 is 1.09 bits per heavy atom. The number of nitrogens with one attached hydrogen (secondary N) is 1. The molecule has 33 heavy (non-hydrogen) atoms. The van der Waals surface area contributed by atoms with Gasteiger partial charge in [0.25, 0.3) is 0 Å². The summed E-state index contributed by atoms with van der Waals surface area (Å²) in [6.07, 6.45) is 4.84. The molecule has 3 atom stereocenters. The lowest BCUT2D eigenvalue weighted by Crippen LogP contribution is -2.46. The van der Waals surface area contributed by atoms with Crippen LogP contribution >= 0.6 is 0 Å². The molecule has 8 nitrogen and oxygen atoms in total. The van der Waals surface area contributed by atoms with Gasteiger partial charge in [-0.05, 0) is 48.8 Å². The molecule has 2 saturated heterocycles. The Balaban J connectivity index is 1.44. The monoisotopic (exact) mass is 451 g/mol. The summed E-state index contributed by atoms with van der Waals surface area (Å²) >= 11 is 0. The van der Waals surface area contributed by atoms with Gasteiger partial charge in [-0.25, -0.2) is 19.3 Å². The van der Waals surface area contributed by atoms with Crippen LogP contribution in [0, 0.1) is 0 Å². The number of pyridine rings is 2. The summed E-state index contributed by atoms with van der Waals surface area (Å²) < 4.78 is 14.0. The quantitative estimate of drug-likeness (QED) is 0.606. The van der Waals surface area contributed by atoms with Gasteiger partial charge >= 0.3 is 0 Å². The van der Waals surface area contributed by atoms with Crippen LogP contribution < -0.4 is 15.1 Å². The summed E-state index contributed by atoms with van der Waals surface area (Å²) in [5, 5.41) is 15.1. The number of aromatic nitrogens is 4. The van der Waals surface area contributed by atoms with Crippen molar-refractivity contribution in [3.8, 4) is 0 Å². The average molecular weight is 452 g/mol. The zero-order chi connectivity index (χ0) is 23.1. The fourth-order valence-electron chi connectivity index (χ4n) is 4.51. The molecular formula is C24H30FN7O. The number of aliphatic hydroxyl groups is 1. The Bertz CT molecular complexity index is 1160. The van der Waals surface area contributed by atoms with Crippen molar-refractivity contribution >= 4 is 34.2 Å². The van der Waals surface area contributed by atoms with Gasteiger partial charge in [0.15, 0.2) is 0 Å². The zero-order valence-corrected chi connectivity index (χ0v) is 19.2. The third-order valence-corrected chi connectivity index (χ3v) is 6.68. The van der Waals surface area contributed by atoms with Crippen molar-refractivity contribution in [2.75, 3.05) is 34.8 Å². The Labute approximate surface area is 192 Å².